The lowest BCUT2D eigenvalue weighted by atomic mass is 10.3. The van der Waals surface area contributed by atoms with Gasteiger partial charge in [-0.15, -0.1) is 0 Å². The van der Waals surface area contributed by atoms with E-state index in [1.165, 1.54) is 0 Å². The fraction of sp³-hybridized carbons (Fsp3) is 0.700. The number of hydrogen-bond acceptors (Lipinski definition) is 3. The van der Waals surface area contributed by atoms with Gasteiger partial charge in [-0.2, -0.15) is 0 Å². The van der Waals surface area contributed by atoms with Crippen molar-refractivity contribution in [3.8, 4) is 0 Å². The Hall–Kier alpha value is -0.650. The van der Waals surface area contributed by atoms with Gasteiger partial charge in [0.15, 0.2) is 4.77 Å². The van der Waals surface area contributed by atoms with E-state index in [1.807, 2.05) is 17.0 Å². The van der Waals surface area contributed by atoms with Gasteiger partial charge in [0.05, 0.1) is 13.2 Å². The second kappa shape index (κ2) is 7.62. The Balaban J connectivity index is 1.98. The van der Waals surface area contributed by atoms with Crippen LogP contribution in [0.4, 0.5) is 0 Å². The van der Waals surface area contributed by atoms with E-state index in [2.05, 4.69) is 4.98 Å². The molecule has 1 rings (SSSR count). The van der Waals surface area contributed by atoms with Crippen LogP contribution in [-0.2, 0) is 16.0 Å². The van der Waals surface area contributed by atoms with Crippen molar-refractivity contribution >= 4 is 12.2 Å². The van der Waals surface area contributed by atoms with Gasteiger partial charge in [-0.25, -0.2) is 0 Å². The van der Waals surface area contributed by atoms with Crippen LogP contribution in [0.3, 0.4) is 0 Å². The first-order chi connectivity index (χ1) is 7.34. The Bertz CT molecular complexity index is 308. The van der Waals surface area contributed by atoms with Crippen molar-refractivity contribution in [3.63, 3.8) is 0 Å². The summed E-state index contributed by atoms with van der Waals surface area (Å²) in [6.45, 7) is 3.10. The Kier molecular flexibility index (Phi) is 6.31. The molecule has 0 aliphatic heterocycles. The van der Waals surface area contributed by atoms with Gasteiger partial charge in [0, 0.05) is 32.7 Å². The number of H-pyrrole nitrogens is 1. The van der Waals surface area contributed by atoms with E-state index in [0.717, 1.165) is 30.8 Å². The van der Waals surface area contributed by atoms with Crippen LogP contribution in [0, 0.1) is 4.77 Å². The Labute approximate surface area is 95.2 Å². The molecular weight excluding hydrogens is 212 g/mol. The lowest BCUT2D eigenvalue weighted by Crippen LogP contribution is -2.04. The van der Waals surface area contributed by atoms with Crippen LogP contribution in [0.15, 0.2) is 12.4 Å². The lowest BCUT2D eigenvalue weighted by molar-refractivity contribution is 0.0684. The van der Waals surface area contributed by atoms with Crippen LogP contribution in [0.5, 0.6) is 0 Å². The van der Waals surface area contributed by atoms with Crippen molar-refractivity contribution in [3.05, 3.63) is 17.2 Å². The molecule has 1 aromatic rings. The average Bonchev–Trinajstić information content (AvgIpc) is 2.63. The highest BCUT2D eigenvalue weighted by Gasteiger charge is 1.93. The Morgan fingerprint density at radius 3 is 2.87 bits per heavy atom. The molecule has 0 spiro atoms. The maximum absolute atomic E-state index is 5.36. The second-order valence-electron chi connectivity index (χ2n) is 3.27. The van der Waals surface area contributed by atoms with Crippen molar-refractivity contribution in [2.75, 3.05) is 26.9 Å². The first-order valence-electron chi connectivity index (χ1n) is 5.15. The first-order valence-corrected chi connectivity index (χ1v) is 5.56. The minimum Gasteiger partial charge on any atom is -0.382 e. The van der Waals surface area contributed by atoms with Crippen LogP contribution in [-0.4, -0.2) is 36.5 Å². The zero-order chi connectivity index (χ0) is 10.9. The number of methoxy groups -OCH3 is 1. The third kappa shape index (κ3) is 5.11. The molecule has 0 aliphatic rings. The summed E-state index contributed by atoms with van der Waals surface area (Å²) < 4.78 is 13.1. The van der Waals surface area contributed by atoms with Gasteiger partial charge >= 0.3 is 0 Å². The van der Waals surface area contributed by atoms with Gasteiger partial charge in [-0.3, -0.25) is 0 Å². The fourth-order valence-electron chi connectivity index (χ4n) is 1.26. The van der Waals surface area contributed by atoms with Crippen LogP contribution in [0.2, 0.25) is 0 Å². The molecule has 0 aromatic carbocycles. The van der Waals surface area contributed by atoms with Crippen molar-refractivity contribution < 1.29 is 9.47 Å². The Morgan fingerprint density at radius 1 is 1.33 bits per heavy atom. The van der Waals surface area contributed by atoms with Gasteiger partial charge in [0.25, 0.3) is 0 Å². The van der Waals surface area contributed by atoms with Gasteiger partial charge in [0.2, 0.25) is 0 Å². The maximum Gasteiger partial charge on any atom is 0.177 e. The first kappa shape index (κ1) is 12.4. The standard InChI is InChI=1S/C10H18N2O2S/c1-13-8-9-14-7-3-2-5-12-6-4-11-10(12)15/h4,6H,2-3,5,7-9H2,1H3,(H,11,15). The molecule has 1 heterocycles. The molecule has 1 aromatic heterocycles. The molecule has 0 amide bonds. The number of hydrogen-bond donors (Lipinski definition) is 1. The summed E-state index contributed by atoms with van der Waals surface area (Å²) in [6.07, 6.45) is 5.96. The second-order valence-corrected chi connectivity index (χ2v) is 3.66. The van der Waals surface area contributed by atoms with Crippen LogP contribution in [0.25, 0.3) is 0 Å². The van der Waals surface area contributed by atoms with E-state index in [0.29, 0.717) is 13.2 Å². The summed E-state index contributed by atoms with van der Waals surface area (Å²) in [7, 11) is 1.68. The van der Waals surface area contributed by atoms with Gasteiger partial charge in [-0.1, -0.05) is 0 Å². The number of aromatic amines is 1. The molecule has 0 radical (unpaired) electrons. The summed E-state index contributed by atoms with van der Waals surface area (Å²) in [5.74, 6) is 0. The zero-order valence-corrected chi connectivity index (χ0v) is 9.89. The number of aromatic nitrogens is 2. The predicted octanol–water partition coefficient (Wildman–Crippen LogP) is 1.99. The van der Waals surface area contributed by atoms with Crippen molar-refractivity contribution in [1.29, 1.82) is 0 Å². The molecular formula is C10H18N2O2S. The van der Waals surface area contributed by atoms with Gasteiger partial charge in [0.1, 0.15) is 0 Å². The van der Waals surface area contributed by atoms with Crippen LogP contribution >= 0.6 is 12.2 Å². The number of rotatable bonds is 8. The maximum atomic E-state index is 5.36. The zero-order valence-electron chi connectivity index (χ0n) is 9.07. The summed E-state index contributed by atoms with van der Waals surface area (Å²) in [6, 6.07) is 0. The third-order valence-corrected chi connectivity index (χ3v) is 2.44. The highest BCUT2D eigenvalue weighted by molar-refractivity contribution is 7.71. The van der Waals surface area contributed by atoms with Gasteiger partial charge in [-0.05, 0) is 25.1 Å². The normalized spacial score (nSPS) is 10.7. The van der Waals surface area contributed by atoms with Crippen molar-refractivity contribution in [2.45, 2.75) is 19.4 Å². The molecule has 5 heteroatoms. The van der Waals surface area contributed by atoms with Gasteiger partial charge < -0.3 is 19.0 Å². The third-order valence-electron chi connectivity index (χ3n) is 2.09. The van der Waals surface area contributed by atoms with Crippen LogP contribution < -0.4 is 0 Å². The molecule has 0 bridgehead atoms. The lowest BCUT2D eigenvalue weighted by Gasteiger charge is -2.04. The number of ether oxygens (including phenoxy) is 2. The predicted molar refractivity (Wildman–Crippen MR) is 61.5 cm³/mol. The molecule has 0 fully saturated rings. The smallest absolute Gasteiger partial charge is 0.177 e. The van der Waals surface area contributed by atoms with E-state index in [9.17, 15) is 0 Å². The monoisotopic (exact) mass is 230 g/mol. The molecule has 86 valence electrons. The van der Waals surface area contributed by atoms with Crippen molar-refractivity contribution in [1.82, 2.24) is 9.55 Å². The highest BCUT2D eigenvalue weighted by atomic mass is 32.1. The molecule has 0 atom stereocenters. The molecule has 0 saturated carbocycles. The topological polar surface area (TPSA) is 39.2 Å². The summed E-state index contributed by atoms with van der Waals surface area (Å²) >= 11 is 5.08. The number of aryl methyl sites for hydroxylation is 1. The molecule has 0 unspecified atom stereocenters. The minimum absolute atomic E-state index is 0.670. The van der Waals surface area contributed by atoms with E-state index in [-0.39, 0.29) is 0 Å². The van der Waals surface area contributed by atoms with E-state index < -0.39 is 0 Å². The van der Waals surface area contributed by atoms with E-state index >= 15 is 0 Å². The number of nitrogens with one attached hydrogen (secondary N) is 1. The molecule has 0 aliphatic carbocycles. The average molecular weight is 230 g/mol. The largest absolute Gasteiger partial charge is 0.382 e. The van der Waals surface area contributed by atoms with E-state index in [1.54, 1.807) is 7.11 Å². The number of imidazole rings is 1. The molecule has 0 saturated heterocycles. The minimum atomic E-state index is 0.670. The highest BCUT2D eigenvalue weighted by Crippen LogP contribution is 1.97. The summed E-state index contributed by atoms with van der Waals surface area (Å²) in [5, 5.41) is 0. The molecule has 15 heavy (non-hydrogen) atoms. The SMILES string of the molecule is COCCOCCCCn1cc[nH]c1=S. The van der Waals surface area contributed by atoms with E-state index in [4.69, 9.17) is 21.7 Å². The number of nitrogens with zero attached hydrogens (tertiary/aromatic N) is 1. The quantitative estimate of drug-likeness (QED) is 0.548. The molecule has 4 nitrogen and oxygen atoms in total. The summed E-state index contributed by atoms with van der Waals surface area (Å²) in [4.78, 5) is 2.97. The number of unbranched alkanes of at least 4 members (excludes halogenated alkanes) is 1. The Morgan fingerprint density at radius 2 is 2.20 bits per heavy atom. The van der Waals surface area contributed by atoms with Crippen LogP contribution in [0.1, 0.15) is 12.8 Å². The fourth-order valence-corrected chi connectivity index (χ4v) is 1.48. The van der Waals surface area contributed by atoms with Crippen molar-refractivity contribution in [2.24, 2.45) is 0 Å². The molecule has 1 N–H and O–H groups in total. The summed E-state index contributed by atoms with van der Waals surface area (Å²) in [5.41, 5.74) is 0.